The Morgan fingerprint density at radius 3 is 2.63 bits per heavy atom. The summed E-state index contributed by atoms with van der Waals surface area (Å²) < 4.78 is 18.9. The Kier molecular flexibility index (Phi) is 8.89. The number of furan rings is 1. The van der Waals surface area contributed by atoms with E-state index in [2.05, 4.69) is 19.7 Å². The highest BCUT2D eigenvalue weighted by Gasteiger charge is 2.16. The van der Waals surface area contributed by atoms with Gasteiger partial charge in [-0.15, -0.1) is 22.6 Å². The lowest BCUT2D eigenvalue weighted by Gasteiger charge is -2.26. The largest absolute Gasteiger partial charge is 0.486 e. The zero-order chi connectivity index (χ0) is 19.9. The van der Waals surface area contributed by atoms with Crippen LogP contribution in [0.5, 0.6) is 5.75 Å². The van der Waals surface area contributed by atoms with E-state index in [1.807, 2.05) is 24.3 Å². The number of nitrogens with zero attached hydrogens (tertiary/aromatic N) is 4. The number of benzene rings is 1. The molecule has 1 fully saturated rings. The lowest BCUT2D eigenvalue weighted by molar-refractivity contribution is 0.0410. The fourth-order valence-corrected chi connectivity index (χ4v) is 4.10. The summed E-state index contributed by atoms with van der Waals surface area (Å²) in [6.45, 7) is 5.48. The average molecular weight is 471 g/mol. The van der Waals surface area contributed by atoms with E-state index in [1.54, 1.807) is 30.2 Å². The predicted molar refractivity (Wildman–Crippen MR) is 119 cm³/mol. The molecule has 1 aliphatic rings. The van der Waals surface area contributed by atoms with Crippen molar-refractivity contribution in [2.75, 3.05) is 38.6 Å². The van der Waals surface area contributed by atoms with E-state index in [1.165, 1.54) is 0 Å². The third-order valence-corrected chi connectivity index (χ3v) is 5.81. The normalized spacial score (nSPS) is 14.4. The van der Waals surface area contributed by atoms with Crippen LogP contribution in [0.4, 0.5) is 0 Å². The zero-order valence-corrected chi connectivity index (χ0v) is 18.8. The second kappa shape index (κ2) is 11.6. The Balaban J connectivity index is 0.00000256. The van der Waals surface area contributed by atoms with E-state index >= 15 is 0 Å². The van der Waals surface area contributed by atoms with E-state index in [9.17, 15) is 0 Å². The van der Waals surface area contributed by atoms with Crippen molar-refractivity contribution in [2.45, 2.75) is 18.3 Å². The molecule has 0 atom stereocenters. The molecule has 3 aromatic rings. The molecule has 0 unspecified atom stereocenters. The van der Waals surface area contributed by atoms with Gasteiger partial charge < -0.3 is 13.9 Å². The van der Waals surface area contributed by atoms with E-state index in [-0.39, 0.29) is 12.4 Å². The minimum Gasteiger partial charge on any atom is -0.486 e. The molecule has 0 spiro atoms. The lowest BCUT2D eigenvalue weighted by atomic mass is 10.3. The van der Waals surface area contributed by atoms with Gasteiger partial charge in [0.05, 0.1) is 26.0 Å². The molecule has 4 rings (SSSR count). The van der Waals surface area contributed by atoms with Crippen LogP contribution in [0.15, 0.2) is 52.2 Å². The number of hydrogen-bond acceptors (Lipinski definition) is 7. The van der Waals surface area contributed by atoms with Crippen LogP contribution in [0.3, 0.4) is 0 Å². The fourth-order valence-electron chi connectivity index (χ4n) is 3.02. The molecule has 162 valence electrons. The van der Waals surface area contributed by atoms with Gasteiger partial charge in [-0.3, -0.25) is 9.47 Å². The molecule has 10 heteroatoms. The van der Waals surface area contributed by atoms with Crippen molar-refractivity contribution in [2.24, 2.45) is 0 Å². The number of aromatic nitrogens is 3. The van der Waals surface area contributed by atoms with Crippen LogP contribution in [-0.2, 0) is 17.9 Å². The van der Waals surface area contributed by atoms with Crippen LogP contribution in [-0.4, -0.2) is 58.3 Å². The first-order valence-electron chi connectivity index (χ1n) is 9.53. The van der Waals surface area contributed by atoms with Crippen molar-refractivity contribution in [3.8, 4) is 5.75 Å². The van der Waals surface area contributed by atoms with E-state index in [4.69, 9.17) is 25.5 Å². The summed E-state index contributed by atoms with van der Waals surface area (Å²) >= 11 is 7.64. The molecule has 0 N–H and O–H groups in total. The minimum atomic E-state index is 0. The summed E-state index contributed by atoms with van der Waals surface area (Å²) in [7, 11) is 0. The van der Waals surface area contributed by atoms with Crippen LogP contribution in [0.1, 0.15) is 11.6 Å². The number of hydrogen-bond donors (Lipinski definition) is 0. The van der Waals surface area contributed by atoms with Gasteiger partial charge in [-0.1, -0.05) is 23.4 Å². The Bertz CT molecular complexity index is 884. The summed E-state index contributed by atoms with van der Waals surface area (Å²) in [5, 5.41) is 10.3. The van der Waals surface area contributed by atoms with Crippen LogP contribution in [0, 0.1) is 0 Å². The third kappa shape index (κ3) is 6.39. The van der Waals surface area contributed by atoms with Crippen LogP contribution >= 0.6 is 35.8 Å². The van der Waals surface area contributed by atoms with Crippen molar-refractivity contribution < 1.29 is 13.9 Å². The monoisotopic (exact) mass is 470 g/mol. The van der Waals surface area contributed by atoms with Gasteiger partial charge in [0.15, 0.2) is 11.0 Å². The molecule has 0 saturated carbocycles. The van der Waals surface area contributed by atoms with Crippen LogP contribution in [0.2, 0.25) is 5.02 Å². The molecule has 1 aliphatic heterocycles. The summed E-state index contributed by atoms with van der Waals surface area (Å²) in [6, 6.07) is 11.1. The topological polar surface area (TPSA) is 65.6 Å². The van der Waals surface area contributed by atoms with Gasteiger partial charge in [-0.25, -0.2) is 0 Å². The third-order valence-electron chi connectivity index (χ3n) is 4.61. The first-order valence-corrected chi connectivity index (χ1v) is 10.9. The SMILES string of the molecule is Cl.Clc1ccc(OCc2nnc(SCCN3CCOCC3)n2Cc2ccco2)cc1. The first kappa shape index (κ1) is 23.0. The first-order chi connectivity index (χ1) is 14.3. The molecule has 0 aliphatic carbocycles. The molecule has 3 heterocycles. The van der Waals surface area contributed by atoms with Crippen molar-refractivity contribution in [3.63, 3.8) is 0 Å². The van der Waals surface area contributed by atoms with Gasteiger partial charge in [0.25, 0.3) is 0 Å². The molecule has 0 bridgehead atoms. The average Bonchev–Trinajstić information content (AvgIpc) is 3.39. The highest BCUT2D eigenvalue weighted by atomic mass is 35.5. The standard InChI is InChI=1S/C20H23ClN4O3S.ClH/c21-16-3-5-17(6-4-16)28-15-19-22-23-20(25(19)14-18-2-1-10-27-18)29-13-9-24-7-11-26-12-8-24;/h1-6,10H,7-9,11-15H2;1H. The van der Waals surface area contributed by atoms with Crippen LogP contribution < -0.4 is 4.74 Å². The quantitative estimate of drug-likeness (QED) is 0.437. The molecule has 1 aromatic carbocycles. The Morgan fingerprint density at radius 2 is 1.90 bits per heavy atom. The summed E-state index contributed by atoms with van der Waals surface area (Å²) in [5.74, 6) is 3.29. The number of rotatable bonds is 9. The van der Waals surface area contributed by atoms with Crippen molar-refractivity contribution in [1.82, 2.24) is 19.7 Å². The van der Waals surface area contributed by atoms with Gasteiger partial charge in [0, 0.05) is 30.4 Å². The van der Waals surface area contributed by atoms with Crippen molar-refractivity contribution >= 4 is 35.8 Å². The maximum Gasteiger partial charge on any atom is 0.191 e. The number of morpholine rings is 1. The summed E-state index contributed by atoms with van der Waals surface area (Å²) in [4.78, 5) is 2.41. The Hall–Kier alpha value is -1.71. The smallest absolute Gasteiger partial charge is 0.191 e. The van der Waals surface area contributed by atoms with Gasteiger partial charge in [-0.2, -0.15) is 0 Å². The van der Waals surface area contributed by atoms with Gasteiger partial charge in [-0.05, 0) is 36.4 Å². The lowest BCUT2D eigenvalue weighted by Crippen LogP contribution is -2.37. The molecule has 30 heavy (non-hydrogen) atoms. The van der Waals surface area contributed by atoms with Gasteiger partial charge >= 0.3 is 0 Å². The van der Waals surface area contributed by atoms with Gasteiger partial charge in [0.1, 0.15) is 18.1 Å². The molecule has 2 aromatic heterocycles. The maximum absolute atomic E-state index is 5.94. The molecular formula is C20H24Cl2N4O3S. The van der Waals surface area contributed by atoms with Crippen molar-refractivity contribution in [3.05, 3.63) is 59.3 Å². The molecule has 1 saturated heterocycles. The second-order valence-electron chi connectivity index (χ2n) is 6.61. The fraction of sp³-hybridized carbons (Fsp3) is 0.400. The second-order valence-corrected chi connectivity index (χ2v) is 8.11. The maximum atomic E-state index is 5.94. The molecule has 7 nitrogen and oxygen atoms in total. The molecular weight excluding hydrogens is 447 g/mol. The highest BCUT2D eigenvalue weighted by molar-refractivity contribution is 7.99. The van der Waals surface area contributed by atoms with Crippen molar-refractivity contribution in [1.29, 1.82) is 0 Å². The van der Waals surface area contributed by atoms with E-state index < -0.39 is 0 Å². The number of halogens is 2. The molecule has 0 amide bonds. The van der Waals surface area contributed by atoms with E-state index in [0.717, 1.165) is 61.1 Å². The van der Waals surface area contributed by atoms with E-state index in [0.29, 0.717) is 18.2 Å². The summed E-state index contributed by atoms with van der Waals surface area (Å²) in [6.07, 6.45) is 1.68. The Morgan fingerprint density at radius 1 is 1.10 bits per heavy atom. The van der Waals surface area contributed by atoms with Crippen LogP contribution in [0.25, 0.3) is 0 Å². The number of ether oxygens (including phenoxy) is 2. The van der Waals surface area contributed by atoms with Gasteiger partial charge in [0.2, 0.25) is 0 Å². The minimum absolute atomic E-state index is 0. The number of thioether (sulfide) groups is 1. The predicted octanol–water partition coefficient (Wildman–Crippen LogP) is 4.00. The molecule has 0 radical (unpaired) electrons. The summed E-state index contributed by atoms with van der Waals surface area (Å²) in [5.41, 5.74) is 0. The Labute approximate surface area is 191 Å². The highest BCUT2D eigenvalue weighted by Crippen LogP contribution is 2.21. The zero-order valence-electron chi connectivity index (χ0n) is 16.4.